The summed E-state index contributed by atoms with van der Waals surface area (Å²) in [5.41, 5.74) is -0.653. The Morgan fingerprint density at radius 1 is 1.29 bits per heavy atom. The third-order valence-corrected chi connectivity index (χ3v) is 3.31. The van der Waals surface area contributed by atoms with Gasteiger partial charge in [-0.3, -0.25) is 0 Å². The van der Waals surface area contributed by atoms with Crippen molar-refractivity contribution >= 4 is 12.1 Å². The van der Waals surface area contributed by atoms with Crippen LogP contribution in [0.25, 0.3) is 0 Å². The number of hydrogen-bond donors (Lipinski definition) is 2. The minimum absolute atomic E-state index is 0.0765. The van der Waals surface area contributed by atoms with Crippen LogP contribution in [0, 0.1) is 5.92 Å². The molecule has 0 aromatic carbocycles. The van der Waals surface area contributed by atoms with Crippen LogP contribution in [-0.4, -0.2) is 28.8 Å². The van der Waals surface area contributed by atoms with E-state index < -0.39 is 29.8 Å². The molecule has 1 amide bonds. The van der Waals surface area contributed by atoms with Crippen molar-refractivity contribution in [2.75, 3.05) is 0 Å². The summed E-state index contributed by atoms with van der Waals surface area (Å²) in [6, 6.07) is -1.12. The molecular formula is C14H21F2NO4. The van der Waals surface area contributed by atoms with Crippen LogP contribution in [0.4, 0.5) is 13.6 Å². The van der Waals surface area contributed by atoms with E-state index >= 15 is 0 Å². The van der Waals surface area contributed by atoms with E-state index in [0.29, 0.717) is 12.8 Å². The van der Waals surface area contributed by atoms with Gasteiger partial charge in [-0.1, -0.05) is 0 Å². The molecule has 7 heteroatoms. The number of amides is 1. The molecule has 1 fully saturated rings. The number of aliphatic carboxylic acids is 1. The van der Waals surface area contributed by atoms with Gasteiger partial charge in [-0.25, -0.2) is 9.59 Å². The molecule has 0 spiro atoms. The van der Waals surface area contributed by atoms with Crippen LogP contribution in [0.5, 0.6) is 0 Å². The van der Waals surface area contributed by atoms with Gasteiger partial charge in [0.2, 0.25) is 0 Å². The number of carbonyl (C=O) groups excluding carboxylic acids is 1. The van der Waals surface area contributed by atoms with E-state index in [9.17, 15) is 23.5 Å². The number of nitrogens with one attached hydrogen (secondary N) is 1. The minimum Gasteiger partial charge on any atom is -0.480 e. The van der Waals surface area contributed by atoms with Crippen LogP contribution < -0.4 is 5.32 Å². The van der Waals surface area contributed by atoms with Gasteiger partial charge >= 0.3 is 12.1 Å². The lowest BCUT2D eigenvalue weighted by molar-refractivity contribution is -0.141. The zero-order chi connectivity index (χ0) is 16.2. The zero-order valence-electron chi connectivity index (χ0n) is 12.4. The zero-order valence-corrected chi connectivity index (χ0v) is 12.4. The first-order valence-corrected chi connectivity index (χ1v) is 6.85. The number of carbonyl (C=O) groups is 2. The maximum Gasteiger partial charge on any atom is 0.408 e. The maximum atomic E-state index is 12.5. The number of carboxylic acid groups (broad SMARTS) is 1. The van der Waals surface area contributed by atoms with Crippen molar-refractivity contribution in [3.63, 3.8) is 0 Å². The Morgan fingerprint density at radius 3 is 2.19 bits per heavy atom. The lowest BCUT2D eigenvalue weighted by Gasteiger charge is -2.29. The molecule has 0 aromatic rings. The van der Waals surface area contributed by atoms with Crippen molar-refractivity contribution in [3.05, 3.63) is 11.7 Å². The van der Waals surface area contributed by atoms with Gasteiger partial charge < -0.3 is 15.2 Å². The SMILES string of the molecule is CC(C)(C)OC(=O)N[C@@H](C(=O)O)C1CCC(=C(F)F)CC1. The molecule has 5 nitrogen and oxygen atoms in total. The Morgan fingerprint density at radius 2 is 1.81 bits per heavy atom. The highest BCUT2D eigenvalue weighted by Gasteiger charge is 2.33. The molecule has 1 atom stereocenters. The van der Waals surface area contributed by atoms with Crippen molar-refractivity contribution < 1.29 is 28.2 Å². The first-order valence-electron chi connectivity index (χ1n) is 6.85. The molecule has 0 unspecified atom stereocenters. The summed E-state index contributed by atoms with van der Waals surface area (Å²) >= 11 is 0. The molecular weight excluding hydrogens is 284 g/mol. The summed E-state index contributed by atoms with van der Waals surface area (Å²) in [6.07, 6.45) is -1.56. The Kier molecular flexibility index (Phi) is 5.69. The number of ether oxygens (including phenoxy) is 1. The fraction of sp³-hybridized carbons (Fsp3) is 0.714. The van der Waals surface area contributed by atoms with E-state index in [4.69, 9.17) is 4.74 Å². The van der Waals surface area contributed by atoms with E-state index in [1.807, 2.05) is 0 Å². The van der Waals surface area contributed by atoms with Crippen molar-refractivity contribution in [2.45, 2.75) is 58.1 Å². The second-order valence-electron chi connectivity index (χ2n) is 6.16. The predicted octanol–water partition coefficient (Wildman–Crippen LogP) is 3.31. The molecule has 1 aliphatic rings. The Balaban J connectivity index is 2.65. The van der Waals surface area contributed by atoms with Gasteiger partial charge in [0.15, 0.2) is 0 Å². The first kappa shape index (κ1) is 17.4. The summed E-state index contributed by atoms with van der Waals surface area (Å²) in [7, 11) is 0. The summed E-state index contributed by atoms with van der Waals surface area (Å²) in [4.78, 5) is 22.9. The maximum absolute atomic E-state index is 12.5. The number of hydrogen-bond acceptors (Lipinski definition) is 3. The molecule has 120 valence electrons. The highest BCUT2D eigenvalue weighted by atomic mass is 19.3. The highest BCUT2D eigenvalue weighted by molar-refractivity contribution is 5.80. The molecule has 0 bridgehead atoms. The Bertz CT molecular complexity index is 429. The third kappa shape index (κ3) is 5.69. The van der Waals surface area contributed by atoms with Gasteiger partial charge in [0, 0.05) is 0 Å². The summed E-state index contributed by atoms with van der Waals surface area (Å²) in [5, 5.41) is 11.5. The largest absolute Gasteiger partial charge is 0.480 e. The van der Waals surface area contributed by atoms with Crippen molar-refractivity contribution in [1.29, 1.82) is 0 Å². The van der Waals surface area contributed by atoms with E-state index in [1.165, 1.54) is 0 Å². The van der Waals surface area contributed by atoms with E-state index in [-0.39, 0.29) is 24.3 Å². The lowest BCUT2D eigenvalue weighted by Crippen LogP contribution is -2.48. The van der Waals surface area contributed by atoms with E-state index in [0.717, 1.165) is 0 Å². The second kappa shape index (κ2) is 6.87. The van der Waals surface area contributed by atoms with Gasteiger partial charge in [0.05, 0.1) is 0 Å². The van der Waals surface area contributed by atoms with Gasteiger partial charge in [-0.2, -0.15) is 8.78 Å². The number of rotatable bonds is 3. The topological polar surface area (TPSA) is 75.6 Å². The monoisotopic (exact) mass is 305 g/mol. The van der Waals surface area contributed by atoms with Crippen LogP contribution >= 0.6 is 0 Å². The van der Waals surface area contributed by atoms with Gasteiger partial charge in [0.1, 0.15) is 11.6 Å². The van der Waals surface area contributed by atoms with E-state index in [2.05, 4.69) is 5.32 Å². The normalized spacial score (nSPS) is 20.6. The summed E-state index contributed by atoms with van der Waals surface area (Å²) in [5.74, 6) is -1.56. The predicted molar refractivity (Wildman–Crippen MR) is 72.0 cm³/mol. The molecule has 0 saturated heterocycles. The molecule has 0 radical (unpaired) electrons. The molecule has 0 aliphatic heterocycles. The molecule has 1 saturated carbocycles. The average molecular weight is 305 g/mol. The van der Waals surface area contributed by atoms with E-state index in [1.54, 1.807) is 20.8 Å². The summed E-state index contributed by atoms with van der Waals surface area (Å²) < 4.78 is 30.0. The number of allylic oxidation sites excluding steroid dienone is 1. The number of alkyl carbamates (subject to hydrolysis) is 1. The molecule has 0 heterocycles. The van der Waals surface area contributed by atoms with Crippen LogP contribution in [0.3, 0.4) is 0 Å². The molecule has 2 N–H and O–H groups in total. The fourth-order valence-electron chi connectivity index (χ4n) is 2.33. The standard InChI is InChI=1S/C14H21F2NO4/c1-14(2,3)21-13(20)17-10(12(18)19)8-4-6-9(7-5-8)11(15)16/h8,10H,4-7H2,1-3H3,(H,17,20)(H,18,19)/t10-/m1/s1. The second-order valence-corrected chi connectivity index (χ2v) is 6.16. The molecule has 1 aliphatic carbocycles. The highest BCUT2D eigenvalue weighted by Crippen LogP contribution is 2.33. The van der Waals surface area contributed by atoms with Crippen LogP contribution in [0.1, 0.15) is 46.5 Å². The van der Waals surface area contributed by atoms with Gasteiger partial charge in [-0.05, 0) is 57.9 Å². The molecule has 21 heavy (non-hydrogen) atoms. The van der Waals surface area contributed by atoms with Crippen molar-refractivity contribution in [3.8, 4) is 0 Å². The van der Waals surface area contributed by atoms with Crippen LogP contribution in [0.2, 0.25) is 0 Å². The van der Waals surface area contributed by atoms with Gasteiger partial charge in [-0.15, -0.1) is 0 Å². The molecule has 0 aromatic heterocycles. The number of carboxylic acids is 1. The molecule has 1 rings (SSSR count). The van der Waals surface area contributed by atoms with Crippen molar-refractivity contribution in [1.82, 2.24) is 5.32 Å². The van der Waals surface area contributed by atoms with Crippen molar-refractivity contribution in [2.24, 2.45) is 5.92 Å². The number of halogens is 2. The third-order valence-electron chi connectivity index (χ3n) is 3.31. The van der Waals surface area contributed by atoms with Crippen LogP contribution in [0.15, 0.2) is 11.7 Å². The van der Waals surface area contributed by atoms with Crippen LogP contribution in [-0.2, 0) is 9.53 Å². The fourth-order valence-corrected chi connectivity index (χ4v) is 2.33. The average Bonchev–Trinajstić information content (AvgIpc) is 2.33. The first-order chi connectivity index (χ1) is 9.60. The quantitative estimate of drug-likeness (QED) is 0.839. The minimum atomic E-state index is -1.68. The Labute approximate surface area is 122 Å². The lowest BCUT2D eigenvalue weighted by atomic mass is 9.81. The Hall–Kier alpha value is -1.66. The smallest absolute Gasteiger partial charge is 0.408 e. The van der Waals surface area contributed by atoms with Gasteiger partial charge in [0.25, 0.3) is 6.08 Å². The summed E-state index contributed by atoms with van der Waals surface area (Å²) in [6.45, 7) is 5.01.